The zero-order valence-electron chi connectivity index (χ0n) is 9.76. The van der Waals surface area contributed by atoms with E-state index in [9.17, 15) is 0 Å². The Bertz CT molecular complexity index is 140. The van der Waals surface area contributed by atoms with Crippen LogP contribution in [0.3, 0.4) is 0 Å². The van der Waals surface area contributed by atoms with Crippen LogP contribution in [0.5, 0.6) is 0 Å². The van der Waals surface area contributed by atoms with Gasteiger partial charge in [0.1, 0.15) is 0 Å². The van der Waals surface area contributed by atoms with Crippen molar-refractivity contribution in [3.05, 3.63) is 12.2 Å². The maximum Gasteiger partial charge on any atom is -0.000968 e. The topological polar surface area (TPSA) is 0 Å². The Morgan fingerprint density at radius 3 is 2.31 bits per heavy atom. The first-order valence-electron chi connectivity index (χ1n) is 5.21. The Kier molecular flexibility index (Phi) is 6.58. The van der Waals surface area contributed by atoms with Gasteiger partial charge in [-0.15, -0.1) is 0 Å². The molecule has 0 saturated heterocycles. The van der Waals surface area contributed by atoms with Crippen LogP contribution in [-0.4, -0.2) is 11.0 Å². The van der Waals surface area contributed by atoms with E-state index < -0.39 is 0 Å². The van der Waals surface area contributed by atoms with E-state index in [2.05, 4.69) is 58.5 Å². The lowest BCUT2D eigenvalue weighted by Crippen LogP contribution is -1.98. The Hall–Kier alpha value is 0.0900. The van der Waals surface area contributed by atoms with E-state index in [-0.39, 0.29) is 0 Å². The maximum atomic E-state index is 2.32. The molecule has 0 aliphatic heterocycles. The predicted octanol–water partition coefficient (Wildman–Crippen LogP) is 4.51. The third-order valence-electron chi connectivity index (χ3n) is 1.58. The highest BCUT2D eigenvalue weighted by Crippen LogP contribution is 2.16. The minimum atomic E-state index is 0.352. The molecule has 0 aromatic carbocycles. The number of rotatable bonds is 5. The van der Waals surface area contributed by atoms with E-state index in [4.69, 9.17) is 0 Å². The molecule has 0 aromatic heterocycles. The average molecular weight is 200 g/mol. The Morgan fingerprint density at radius 1 is 1.23 bits per heavy atom. The Balaban J connectivity index is 3.31. The summed E-state index contributed by atoms with van der Waals surface area (Å²) in [5, 5.41) is 0.784. The van der Waals surface area contributed by atoms with Crippen molar-refractivity contribution in [2.24, 2.45) is 5.41 Å². The van der Waals surface area contributed by atoms with Gasteiger partial charge in [-0.2, -0.15) is 11.8 Å². The highest BCUT2D eigenvalue weighted by molar-refractivity contribution is 7.99. The van der Waals surface area contributed by atoms with Crippen LogP contribution < -0.4 is 0 Å². The van der Waals surface area contributed by atoms with Gasteiger partial charge < -0.3 is 0 Å². The molecule has 0 saturated carbocycles. The summed E-state index contributed by atoms with van der Waals surface area (Å²) >= 11 is 2.06. The van der Waals surface area contributed by atoms with Gasteiger partial charge in [0.25, 0.3) is 0 Å². The van der Waals surface area contributed by atoms with Crippen molar-refractivity contribution in [1.82, 2.24) is 0 Å². The summed E-state index contributed by atoms with van der Waals surface area (Å²) in [7, 11) is 0. The molecular formula is C12H24S. The zero-order chi connectivity index (χ0) is 10.3. The van der Waals surface area contributed by atoms with Crippen molar-refractivity contribution in [3.63, 3.8) is 0 Å². The summed E-state index contributed by atoms with van der Waals surface area (Å²) in [5.74, 6) is 1.30. The van der Waals surface area contributed by atoms with Crippen LogP contribution >= 0.6 is 11.8 Å². The minimum absolute atomic E-state index is 0.352. The highest BCUT2D eigenvalue weighted by atomic mass is 32.2. The smallest absolute Gasteiger partial charge is 0.000968 e. The van der Waals surface area contributed by atoms with Crippen molar-refractivity contribution in [2.45, 2.75) is 52.7 Å². The normalized spacial score (nSPS) is 13.1. The fraction of sp³-hybridized carbons (Fsp3) is 0.833. The molecule has 0 aliphatic carbocycles. The molecule has 0 N–H and O–H groups in total. The van der Waals surface area contributed by atoms with E-state index in [0.717, 1.165) is 5.25 Å². The summed E-state index contributed by atoms with van der Waals surface area (Å²) in [6.07, 6.45) is 7.18. The molecule has 0 radical (unpaired) electrons. The molecule has 0 rings (SSSR count). The van der Waals surface area contributed by atoms with Gasteiger partial charge in [0.2, 0.25) is 0 Å². The van der Waals surface area contributed by atoms with Crippen LogP contribution in [0.2, 0.25) is 0 Å². The van der Waals surface area contributed by atoms with Crippen LogP contribution in [0, 0.1) is 5.41 Å². The standard InChI is InChI=1S/C12H24S/c1-11(2)13-10-8-6-7-9-12(3,4)5/h7,9,11H,6,8,10H2,1-5H3/b9-7-. The summed E-state index contributed by atoms with van der Waals surface area (Å²) in [5.41, 5.74) is 0.352. The quantitative estimate of drug-likeness (QED) is 0.465. The first-order chi connectivity index (χ1) is 5.92. The van der Waals surface area contributed by atoms with Crippen molar-refractivity contribution in [2.75, 3.05) is 5.75 Å². The molecule has 0 fully saturated rings. The lowest BCUT2D eigenvalue weighted by atomic mass is 9.96. The molecule has 1 heteroatoms. The average Bonchev–Trinajstić information content (AvgIpc) is 1.93. The molecule has 0 aliphatic rings. The molecule has 0 atom stereocenters. The molecular weight excluding hydrogens is 176 g/mol. The second-order valence-corrected chi connectivity index (χ2v) is 6.51. The molecule has 0 aromatic rings. The molecule has 0 nitrogen and oxygen atoms in total. The molecule has 0 heterocycles. The summed E-state index contributed by atoms with van der Waals surface area (Å²) < 4.78 is 0. The Morgan fingerprint density at radius 2 is 1.85 bits per heavy atom. The van der Waals surface area contributed by atoms with Gasteiger partial charge in [0, 0.05) is 0 Å². The predicted molar refractivity (Wildman–Crippen MR) is 65.4 cm³/mol. The number of thioether (sulfide) groups is 1. The van der Waals surface area contributed by atoms with E-state index in [1.54, 1.807) is 0 Å². The van der Waals surface area contributed by atoms with E-state index >= 15 is 0 Å². The molecule has 0 bridgehead atoms. The number of hydrogen-bond donors (Lipinski definition) is 0. The van der Waals surface area contributed by atoms with E-state index in [1.807, 2.05) is 0 Å². The van der Waals surface area contributed by atoms with E-state index in [1.165, 1.54) is 18.6 Å². The fourth-order valence-electron chi connectivity index (χ4n) is 0.957. The van der Waals surface area contributed by atoms with Crippen LogP contribution in [0.15, 0.2) is 12.2 Å². The van der Waals surface area contributed by atoms with Crippen LogP contribution in [0.25, 0.3) is 0 Å². The summed E-state index contributed by atoms with van der Waals surface area (Å²) in [4.78, 5) is 0. The first kappa shape index (κ1) is 13.1. The molecule has 78 valence electrons. The van der Waals surface area contributed by atoms with Gasteiger partial charge >= 0.3 is 0 Å². The zero-order valence-corrected chi connectivity index (χ0v) is 10.6. The van der Waals surface area contributed by atoms with E-state index in [0.29, 0.717) is 5.41 Å². The number of unbranched alkanes of at least 4 members (excludes halogenated alkanes) is 1. The minimum Gasteiger partial charge on any atom is -0.159 e. The van der Waals surface area contributed by atoms with Crippen molar-refractivity contribution in [3.8, 4) is 0 Å². The second-order valence-electron chi connectivity index (χ2n) is 4.83. The summed E-state index contributed by atoms with van der Waals surface area (Å²) in [6.45, 7) is 11.2. The van der Waals surface area contributed by atoms with Gasteiger partial charge in [-0.05, 0) is 29.3 Å². The van der Waals surface area contributed by atoms with Crippen molar-refractivity contribution >= 4 is 11.8 Å². The van der Waals surface area contributed by atoms with Crippen molar-refractivity contribution in [1.29, 1.82) is 0 Å². The second kappa shape index (κ2) is 6.53. The molecule has 0 amide bonds. The van der Waals surface area contributed by atoms with Gasteiger partial charge in [-0.3, -0.25) is 0 Å². The lowest BCUT2D eigenvalue weighted by molar-refractivity contribution is 0.542. The van der Waals surface area contributed by atoms with Gasteiger partial charge in [-0.25, -0.2) is 0 Å². The van der Waals surface area contributed by atoms with Crippen LogP contribution in [0.4, 0.5) is 0 Å². The number of allylic oxidation sites excluding steroid dienone is 2. The molecule has 0 unspecified atom stereocenters. The van der Waals surface area contributed by atoms with Gasteiger partial charge in [-0.1, -0.05) is 46.8 Å². The van der Waals surface area contributed by atoms with Crippen molar-refractivity contribution < 1.29 is 0 Å². The molecule has 0 spiro atoms. The van der Waals surface area contributed by atoms with Gasteiger partial charge in [0.15, 0.2) is 0 Å². The third kappa shape index (κ3) is 12.1. The van der Waals surface area contributed by atoms with Gasteiger partial charge in [0.05, 0.1) is 0 Å². The largest absolute Gasteiger partial charge is 0.159 e. The number of hydrogen-bond acceptors (Lipinski definition) is 1. The van der Waals surface area contributed by atoms with Crippen LogP contribution in [0.1, 0.15) is 47.5 Å². The highest BCUT2D eigenvalue weighted by Gasteiger charge is 2.02. The maximum absolute atomic E-state index is 2.32. The monoisotopic (exact) mass is 200 g/mol. The fourth-order valence-corrected chi connectivity index (χ4v) is 1.76. The molecule has 13 heavy (non-hydrogen) atoms. The van der Waals surface area contributed by atoms with Crippen LogP contribution in [-0.2, 0) is 0 Å². The Labute approximate surface area is 88.2 Å². The summed E-state index contributed by atoms with van der Waals surface area (Å²) in [6, 6.07) is 0. The SMILES string of the molecule is CC(C)SCCC/C=C\C(C)(C)C. The lowest BCUT2D eigenvalue weighted by Gasteiger charge is -2.10. The first-order valence-corrected chi connectivity index (χ1v) is 6.26. The third-order valence-corrected chi connectivity index (χ3v) is 2.78.